The van der Waals surface area contributed by atoms with Crippen molar-refractivity contribution >= 4 is 5.97 Å². The van der Waals surface area contributed by atoms with E-state index >= 15 is 0 Å². The molecule has 0 atom stereocenters. The van der Waals surface area contributed by atoms with Gasteiger partial charge in [0.2, 0.25) is 0 Å². The van der Waals surface area contributed by atoms with E-state index in [1.165, 1.54) is 12.5 Å². The largest absolute Gasteiger partial charge is 0.478 e. The van der Waals surface area contributed by atoms with Crippen LogP contribution in [0.3, 0.4) is 0 Å². The van der Waals surface area contributed by atoms with Gasteiger partial charge in [0.15, 0.2) is 0 Å². The third-order valence-corrected chi connectivity index (χ3v) is 1.47. The monoisotopic (exact) mass is 186 g/mol. The van der Waals surface area contributed by atoms with Gasteiger partial charge >= 0.3 is 5.97 Å². The number of allylic oxidation sites excluding steroid dienone is 1. The zero-order chi connectivity index (χ0) is 11.1. The van der Waals surface area contributed by atoms with Gasteiger partial charge in [0.1, 0.15) is 0 Å². The summed E-state index contributed by atoms with van der Waals surface area (Å²) in [5, 5.41) is 8.01. The molecule has 78 valence electrons. The standard InChI is InChI=1S/C6H14.C5H8O2/c1-5-6(2,3)4;1-4(2)3-5(6)7/h5H2,1-4H3;3H,1-2H3,(H,6,7). The molecule has 1 N–H and O–H groups in total. The second kappa shape index (κ2) is 6.70. The van der Waals surface area contributed by atoms with E-state index in [4.69, 9.17) is 5.11 Å². The van der Waals surface area contributed by atoms with Gasteiger partial charge in [-0.1, -0.05) is 39.7 Å². The molecule has 0 aromatic rings. The van der Waals surface area contributed by atoms with E-state index in [0.29, 0.717) is 5.41 Å². The van der Waals surface area contributed by atoms with Crippen molar-refractivity contribution in [1.82, 2.24) is 0 Å². The van der Waals surface area contributed by atoms with Crippen LogP contribution < -0.4 is 0 Å². The van der Waals surface area contributed by atoms with Crippen LogP contribution in [-0.2, 0) is 4.79 Å². The van der Waals surface area contributed by atoms with Gasteiger partial charge in [0, 0.05) is 6.08 Å². The zero-order valence-corrected chi connectivity index (χ0v) is 9.64. The number of rotatable bonds is 1. The van der Waals surface area contributed by atoms with Gasteiger partial charge in [-0.15, -0.1) is 0 Å². The third-order valence-electron chi connectivity index (χ3n) is 1.47. The van der Waals surface area contributed by atoms with E-state index in [9.17, 15) is 4.79 Å². The lowest BCUT2D eigenvalue weighted by molar-refractivity contribution is -0.131. The third kappa shape index (κ3) is 24.7. The molecule has 0 aliphatic heterocycles. The maximum absolute atomic E-state index is 9.73. The summed E-state index contributed by atoms with van der Waals surface area (Å²) in [6.07, 6.45) is 2.44. The number of carboxylic acids is 1. The minimum Gasteiger partial charge on any atom is -0.478 e. The van der Waals surface area contributed by atoms with Crippen molar-refractivity contribution in [2.75, 3.05) is 0 Å². The van der Waals surface area contributed by atoms with Crippen molar-refractivity contribution < 1.29 is 9.90 Å². The molecule has 0 saturated heterocycles. The summed E-state index contributed by atoms with van der Waals surface area (Å²) in [4.78, 5) is 9.73. The van der Waals surface area contributed by atoms with Crippen LogP contribution in [0.15, 0.2) is 11.6 Å². The molecule has 0 spiro atoms. The Kier molecular flexibility index (Phi) is 7.58. The van der Waals surface area contributed by atoms with Gasteiger partial charge in [0.05, 0.1) is 0 Å². The fraction of sp³-hybridized carbons (Fsp3) is 0.727. The Balaban J connectivity index is 0. The second-order valence-corrected chi connectivity index (χ2v) is 4.47. The molecular formula is C11H22O2. The fourth-order valence-corrected chi connectivity index (χ4v) is 0.247. The lowest BCUT2D eigenvalue weighted by Crippen LogP contribution is -2.00. The minimum atomic E-state index is -0.875. The molecule has 0 aliphatic rings. The molecule has 0 radical (unpaired) electrons. The Bertz CT molecular complexity index is 169. The van der Waals surface area contributed by atoms with Gasteiger partial charge in [0.25, 0.3) is 0 Å². The van der Waals surface area contributed by atoms with Crippen LogP contribution in [-0.4, -0.2) is 11.1 Å². The molecule has 2 heteroatoms. The number of hydrogen-bond acceptors (Lipinski definition) is 1. The van der Waals surface area contributed by atoms with Crippen molar-refractivity contribution in [2.45, 2.75) is 48.0 Å². The Morgan fingerprint density at radius 2 is 1.62 bits per heavy atom. The van der Waals surface area contributed by atoms with E-state index in [2.05, 4.69) is 27.7 Å². The maximum Gasteiger partial charge on any atom is 0.328 e. The SMILES string of the molecule is CC(C)=CC(=O)O.CCC(C)(C)C. The smallest absolute Gasteiger partial charge is 0.328 e. The molecule has 0 amide bonds. The second-order valence-electron chi connectivity index (χ2n) is 4.47. The van der Waals surface area contributed by atoms with Gasteiger partial charge in [-0.05, 0) is 19.3 Å². The molecule has 0 saturated carbocycles. The predicted octanol–water partition coefficient (Wildman–Crippen LogP) is 3.48. The normalized spacial score (nSPS) is 9.69. The molecule has 0 heterocycles. The summed E-state index contributed by atoms with van der Waals surface area (Å²) in [6.45, 7) is 12.4. The number of hydrogen-bond donors (Lipinski definition) is 1. The van der Waals surface area contributed by atoms with Gasteiger partial charge in [-0.3, -0.25) is 0 Å². The van der Waals surface area contributed by atoms with Crippen LogP contribution in [0.2, 0.25) is 0 Å². The Morgan fingerprint density at radius 1 is 1.31 bits per heavy atom. The van der Waals surface area contributed by atoms with Crippen molar-refractivity contribution in [2.24, 2.45) is 5.41 Å². The van der Waals surface area contributed by atoms with Crippen molar-refractivity contribution in [3.05, 3.63) is 11.6 Å². The Hall–Kier alpha value is -0.790. The molecule has 0 aliphatic carbocycles. The first-order valence-corrected chi connectivity index (χ1v) is 4.57. The number of carboxylic acid groups (broad SMARTS) is 1. The number of carbonyl (C=O) groups is 1. The van der Waals surface area contributed by atoms with Crippen LogP contribution in [0.4, 0.5) is 0 Å². The summed E-state index contributed by atoms with van der Waals surface area (Å²) < 4.78 is 0. The summed E-state index contributed by atoms with van der Waals surface area (Å²) >= 11 is 0. The van der Waals surface area contributed by atoms with E-state index in [1.807, 2.05) is 0 Å². The van der Waals surface area contributed by atoms with Gasteiger partial charge < -0.3 is 5.11 Å². The highest BCUT2D eigenvalue weighted by molar-refractivity contribution is 5.80. The molecule has 0 unspecified atom stereocenters. The van der Waals surface area contributed by atoms with E-state index in [-0.39, 0.29) is 0 Å². The first kappa shape index (κ1) is 14.7. The van der Waals surface area contributed by atoms with Crippen molar-refractivity contribution in [1.29, 1.82) is 0 Å². The van der Waals surface area contributed by atoms with Crippen LogP contribution >= 0.6 is 0 Å². The summed E-state index contributed by atoms with van der Waals surface area (Å²) in [5.74, 6) is -0.875. The van der Waals surface area contributed by atoms with E-state index in [0.717, 1.165) is 5.57 Å². The fourth-order valence-electron chi connectivity index (χ4n) is 0.247. The molecule has 2 nitrogen and oxygen atoms in total. The molecule has 0 bridgehead atoms. The molecule has 0 aromatic carbocycles. The van der Waals surface area contributed by atoms with Crippen LogP contribution in [0.5, 0.6) is 0 Å². The van der Waals surface area contributed by atoms with Crippen LogP contribution in [0.1, 0.15) is 48.0 Å². The molecule has 0 rings (SSSR count). The van der Waals surface area contributed by atoms with Gasteiger partial charge in [-0.2, -0.15) is 0 Å². The lowest BCUT2D eigenvalue weighted by atomic mass is 9.94. The van der Waals surface area contributed by atoms with Crippen molar-refractivity contribution in [3.8, 4) is 0 Å². The predicted molar refractivity (Wildman–Crippen MR) is 56.8 cm³/mol. The lowest BCUT2D eigenvalue weighted by Gasteiger charge is -2.12. The number of aliphatic carboxylic acids is 1. The molecule has 0 aromatic heterocycles. The van der Waals surface area contributed by atoms with E-state index < -0.39 is 5.97 Å². The van der Waals surface area contributed by atoms with Crippen molar-refractivity contribution in [3.63, 3.8) is 0 Å². The first-order chi connectivity index (χ1) is 5.69. The molecule has 0 fully saturated rings. The summed E-state index contributed by atoms with van der Waals surface area (Å²) in [7, 11) is 0. The van der Waals surface area contributed by atoms with Gasteiger partial charge in [-0.25, -0.2) is 4.79 Å². The van der Waals surface area contributed by atoms with Crippen LogP contribution in [0, 0.1) is 5.41 Å². The highest BCUT2D eigenvalue weighted by Gasteiger charge is 2.03. The highest BCUT2D eigenvalue weighted by atomic mass is 16.4. The molecule has 13 heavy (non-hydrogen) atoms. The molecular weight excluding hydrogens is 164 g/mol. The highest BCUT2D eigenvalue weighted by Crippen LogP contribution is 2.16. The average Bonchev–Trinajstić information content (AvgIpc) is 1.84. The summed E-state index contributed by atoms with van der Waals surface area (Å²) in [5.41, 5.74) is 1.35. The average molecular weight is 186 g/mol. The zero-order valence-electron chi connectivity index (χ0n) is 9.64. The Labute approximate surface area is 81.7 Å². The maximum atomic E-state index is 9.73. The van der Waals surface area contributed by atoms with E-state index in [1.54, 1.807) is 13.8 Å². The first-order valence-electron chi connectivity index (χ1n) is 4.57. The summed E-state index contributed by atoms with van der Waals surface area (Å²) in [6, 6.07) is 0. The Morgan fingerprint density at radius 3 is 1.62 bits per heavy atom. The topological polar surface area (TPSA) is 37.3 Å². The minimum absolute atomic E-state index is 0.542. The quantitative estimate of drug-likeness (QED) is 0.636. The van der Waals surface area contributed by atoms with Crippen LogP contribution in [0.25, 0.3) is 0 Å².